The maximum Gasteiger partial charge on any atom is 0.311 e. The predicted molar refractivity (Wildman–Crippen MR) is 51.2 cm³/mol. The lowest BCUT2D eigenvalue weighted by atomic mass is 9.69. The van der Waals surface area contributed by atoms with Crippen LogP contribution in [0.25, 0.3) is 0 Å². The van der Waals surface area contributed by atoms with E-state index in [-0.39, 0.29) is 0 Å². The molecule has 14 heavy (non-hydrogen) atoms. The van der Waals surface area contributed by atoms with Gasteiger partial charge in [0.2, 0.25) is 0 Å². The molecule has 76 valence electrons. The number of carbonyl (C=O) groups is 1. The van der Waals surface area contributed by atoms with Gasteiger partial charge in [0.1, 0.15) is 0 Å². The van der Waals surface area contributed by atoms with Crippen LogP contribution in [0.1, 0.15) is 19.3 Å². The van der Waals surface area contributed by atoms with Crippen molar-refractivity contribution in [3.8, 4) is 0 Å². The lowest BCUT2D eigenvalue weighted by molar-refractivity contribution is -0.156. The van der Waals surface area contributed by atoms with Gasteiger partial charge in [0, 0.05) is 6.20 Å². The minimum absolute atomic E-state index is 0.426. The first kappa shape index (κ1) is 9.52. The van der Waals surface area contributed by atoms with Gasteiger partial charge >= 0.3 is 5.97 Å². The highest BCUT2D eigenvalue weighted by molar-refractivity contribution is 6.30. The summed E-state index contributed by atoms with van der Waals surface area (Å²) < 4.78 is 1.61. The topological polar surface area (TPSA) is 55.1 Å². The first-order chi connectivity index (χ1) is 6.62. The zero-order chi connectivity index (χ0) is 10.2. The van der Waals surface area contributed by atoms with Crippen LogP contribution >= 0.6 is 11.6 Å². The maximum absolute atomic E-state index is 11.0. The number of rotatable bonds is 3. The highest BCUT2D eigenvalue weighted by Crippen LogP contribution is 2.42. The van der Waals surface area contributed by atoms with Gasteiger partial charge in [-0.1, -0.05) is 18.0 Å². The van der Waals surface area contributed by atoms with Gasteiger partial charge in [0.25, 0.3) is 0 Å². The molecular weight excluding hydrogens is 204 g/mol. The molecule has 0 aromatic carbocycles. The van der Waals surface area contributed by atoms with E-state index >= 15 is 0 Å². The molecule has 1 aliphatic rings. The third-order valence-corrected chi connectivity index (χ3v) is 3.03. The first-order valence-corrected chi connectivity index (χ1v) is 4.92. The average Bonchev–Trinajstić information content (AvgIpc) is 2.43. The molecule has 0 aliphatic heterocycles. The van der Waals surface area contributed by atoms with E-state index in [1.54, 1.807) is 10.9 Å². The van der Waals surface area contributed by atoms with Crippen molar-refractivity contribution in [1.82, 2.24) is 9.78 Å². The molecule has 0 atom stereocenters. The average molecular weight is 215 g/mol. The number of halogens is 1. The van der Waals surface area contributed by atoms with Gasteiger partial charge in [-0.2, -0.15) is 5.10 Å². The van der Waals surface area contributed by atoms with Crippen LogP contribution in [-0.4, -0.2) is 20.9 Å². The molecule has 0 radical (unpaired) electrons. The predicted octanol–water partition coefficient (Wildman–Crippen LogP) is 1.79. The molecule has 4 nitrogen and oxygen atoms in total. The van der Waals surface area contributed by atoms with Crippen molar-refractivity contribution in [2.24, 2.45) is 5.41 Å². The number of hydrogen-bond acceptors (Lipinski definition) is 2. The molecule has 5 heteroatoms. The van der Waals surface area contributed by atoms with Gasteiger partial charge in [-0.25, -0.2) is 0 Å². The highest BCUT2D eigenvalue weighted by atomic mass is 35.5. The Kier molecular flexibility index (Phi) is 2.23. The molecule has 0 spiro atoms. The van der Waals surface area contributed by atoms with Crippen LogP contribution in [0.4, 0.5) is 0 Å². The quantitative estimate of drug-likeness (QED) is 0.835. The number of carboxylic acids is 1. The van der Waals surface area contributed by atoms with Crippen molar-refractivity contribution in [1.29, 1.82) is 0 Å². The summed E-state index contributed by atoms with van der Waals surface area (Å²) in [5.41, 5.74) is -0.602. The van der Waals surface area contributed by atoms with E-state index in [9.17, 15) is 4.79 Å². The Hall–Kier alpha value is -1.03. The smallest absolute Gasteiger partial charge is 0.311 e. The summed E-state index contributed by atoms with van der Waals surface area (Å²) in [6.45, 7) is 0.426. The lowest BCUT2D eigenvalue weighted by Crippen LogP contribution is -2.41. The van der Waals surface area contributed by atoms with Crippen LogP contribution in [0.3, 0.4) is 0 Å². The van der Waals surface area contributed by atoms with E-state index in [0.29, 0.717) is 11.6 Å². The zero-order valence-corrected chi connectivity index (χ0v) is 8.37. The number of nitrogens with zero attached hydrogens (tertiary/aromatic N) is 2. The minimum Gasteiger partial charge on any atom is -0.481 e. The van der Waals surface area contributed by atoms with Gasteiger partial charge in [-0.15, -0.1) is 0 Å². The van der Waals surface area contributed by atoms with Crippen LogP contribution in [0.15, 0.2) is 12.4 Å². The summed E-state index contributed by atoms with van der Waals surface area (Å²) >= 11 is 5.70. The van der Waals surface area contributed by atoms with Gasteiger partial charge < -0.3 is 5.11 Å². The molecule has 1 aromatic heterocycles. The second kappa shape index (κ2) is 3.28. The molecule has 1 aliphatic carbocycles. The van der Waals surface area contributed by atoms with Crippen LogP contribution < -0.4 is 0 Å². The van der Waals surface area contributed by atoms with Gasteiger partial charge in [-0.05, 0) is 12.8 Å². The summed E-state index contributed by atoms with van der Waals surface area (Å²) in [5, 5.41) is 13.6. The number of aromatic nitrogens is 2. The van der Waals surface area contributed by atoms with E-state index in [1.807, 2.05) is 0 Å². The van der Waals surface area contributed by atoms with E-state index in [0.717, 1.165) is 19.3 Å². The molecule has 1 saturated carbocycles. The normalized spacial score (nSPS) is 18.9. The second-order valence-electron chi connectivity index (χ2n) is 3.80. The summed E-state index contributed by atoms with van der Waals surface area (Å²) in [6.07, 6.45) is 5.64. The SMILES string of the molecule is O=C(O)C1(Cn2cc(Cl)cn2)CCC1. The molecule has 1 heterocycles. The van der Waals surface area contributed by atoms with E-state index in [4.69, 9.17) is 16.7 Å². The van der Waals surface area contributed by atoms with E-state index in [1.165, 1.54) is 6.20 Å². The van der Waals surface area contributed by atoms with Crippen molar-refractivity contribution in [2.75, 3.05) is 0 Å². The first-order valence-electron chi connectivity index (χ1n) is 4.54. The molecule has 1 aromatic rings. The summed E-state index contributed by atoms with van der Waals surface area (Å²) in [4.78, 5) is 11.0. The van der Waals surface area contributed by atoms with E-state index < -0.39 is 11.4 Å². The molecule has 0 saturated heterocycles. The zero-order valence-electron chi connectivity index (χ0n) is 7.61. The Morgan fingerprint density at radius 2 is 2.43 bits per heavy atom. The van der Waals surface area contributed by atoms with Crippen LogP contribution in [0.2, 0.25) is 5.02 Å². The molecular formula is C9H11ClN2O2. The van der Waals surface area contributed by atoms with Gasteiger partial charge in [0.05, 0.1) is 23.2 Å². The fourth-order valence-corrected chi connectivity index (χ4v) is 1.93. The van der Waals surface area contributed by atoms with Crippen LogP contribution in [-0.2, 0) is 11.3 Å². The van der Waals surface area contributed by atoms with E-state index in [2.05, 4.69) is 5.10 Å². The minimum atomic E-state index is -0.727. The fourth-order valence-electron chi connectivity index (χ4n) is 1.78. The maximum atomic E-state index is 11.0. The van der Waals surface area contributed by atoms with Gasteiger partial charge in [-0.3, -0.25) is 9.48 Å². The molecule has 0 bridgehead atoms. The third kappa shape index (κ3) is 1.50. The molecule has 1 N–H and O–H groups in total. The van der Waals surface area contributed by atoms with Crippen molar-refractivity contribution >= 4 is 17.6 Å². The lowest BCUT2D eigenvalue weighted by Gasteiger charge is -2.37. The second-order valence-corrected chi connectivity index (χ2v) is 4.23. The van der Waals surface area contributed by atoms with Gasteiger partial charge in [0.15, 0.2) is 0 Å². The summed E-state index contributed by atoms with van der Waals surface area (Å²) in [7, 11) is 0. The fraction of sp³-hybridized carbons (Fsp3) is 0.556. The molecule has 1 fully saturated rings. The third-order valence-electron chi connectivity index (χ3n) is 2.83. The largest absolute Gasteiger partial charge is 0.481 e. The Labute approximate surface area is 86.5 Å². The van der Waals surface area contributed by atoms with Crippen molar-refractivity contribution in [3.05, 3.63) is 17.4 Å². The number of hydrogen-bond donors (Lipinski definition) is 1. The van der Waals surface area contributed by atoms with Crippen LogP contribution in [0, 0.1) is 5.41 Å². The molecule has 0 unspecified atom stereocenters. The Bertz CT molecular complexity index is 357. The summed E-state index contributed by atoms with van der Waals surface area (Å²) in [6, 6.07) is 0. The Balaban J connectivity index is 2.12. The van der Waals surface area contributed by atoms with Crippen LogP contribution in [0.5, 0.6) is 0 Å². The van der Waals surface area contributed by atoms with Crippen molar-refractivity contribution in [3.63, 3.8) is 0 Å². The van der Waals surface area contributed by atoms with Crippen molar-refractivity contribution < 1.29 is 9.90 Å². The van der Waals surface area contributed by atoms with Crippen molar-refractivity contribution in [2.45, 2.75) is 25.8 Å². The number of aliphatic carboxylic acids is 1. The Morgan fingerprint density at radius 1 is 1.71 bits per heavy atom. The Morgan fingerprint density at radius 3 is 2.79 bits per heavy atom. The number of carboxylic acid groups (broad SMARTS) is 1. The molecule has 0 amide bonds. The summed E-state index contributed by atoms with van der Waals surface area (Å²) in [5.74, 6) is -0.727. The monoisotopic (exact) mass is 214 g/mol. The standard InChI is InChI=1S/C9H11ClN2O2/c10-7-4-11-12(5-7)6-9(8(13)14)2-1-3-9/h4-5H,1-3,6H2,(H,13,14). The highest BCUT2D eigenvalue weighted by Gasteiger charge is 2.44. The molecule has 2 rings (SSSR count).